The number of thiophene rings is 1. The van der Waals surface area contributed by atoms with Gasteiger partial charge in [0.1, 0.15) is 9.94 Å². The Kier molecular flexibility index (Phi) is 5.23. The summed E-state index contributed by atoms with van der Waals surface area (Å²) in [6.07, 6.45) is 0.698. The zero-order valence-electron chi connectivity index (χ0n) is 12.8. The molecule has 0 saturated heterocycles. The summed E-state index contributed by atoms with van der Waals surface area (Å²) in [5.74, 6) is -0.674. The van der Waals surface area contributed by atoms with Crippen molar-refractivity contribution in [1.82, 2.24) is 4.98 Å². The van der Waals surface area contributed by atoms with Crippen molar-refractivity contribution in [3.63, 3.8) is 0 Å². The summed E-state index contributed by atoms with van der Waals surface area (Å²) in [5.41, 5.74) is 0.701. The highest BCUT2D eigenvalue weighted by Crippen LogP contribution is 2.39. The lowest BCUT2D eigenvalue weighted by molar-refractivity contribution is 0.0636. The standard InChI is InChI=1S/C15H16ClFN2O3S/c1-15(2,3)22-14(21)19-10-5-11(23-13(10)16)9-6-18-12(17)4-8(9)7-20/h4-6,20H,7H2,1-3H3,(H,19,21). The number of nitrogens with zero attached hydrogens (tertiary/aromatic N) is 1. The molecule has 2 aromatic rings. The van der Waals surface area contributed by atoms with Gasteiger partial charge in [-0.1, -0.05) is 11.6 Å². The molecule has 5 nitrogen and oxygen atoms in total. The average Bonchev–Trinajstić information content (AvgIpc) is 2.77. The van der Waals surface area contributed by atoms with E-state index in [4.69, 9.17) is 16.3 Å². The molecule has 23 heavy (non-hydrogen) atoms. The van der Waals surface area contributed by atoms with E-state index in [0.29, 0.717) is 26.0 Å². The summed E-state index contributed by atoms with van der Waals surface area (Å²) in [5, 5.41) is 11.9. The van der Waals surface area contributed by atoms with Crippen LogP contribution in [-0.4, -0.2) is 21.8 Å². The van der Waals surface area contributed by atoms with E-state index >= 15 is 0 Å². The maximum Gasteiger partial charge on any atom is 0.412 e. The van der Waals surface area contributed by atoms with Crippen LogP contribution in [0, 0.1) is 5.95 Å². The number of hydrogen-bond donors (Lipinski definition) is 2. The van der Waals surface area contributed by atoms with Gasteiger partial charge in [-0.15, -0.1) is 11.3 Å². The Morgan fingerprint density at radius 3 is 2.78 bits per heavy atom. The van der Waals surface area contributed by atoms with Gasteiger partial charge in [-0.25, -0.2) is 9.78 Å². The molecule has 1 amide bonds. The molecule has 0 aliphatic heterocycles. The second kappa shape index (κ2) is 6.82. The van der Waals surface area contributed by atoms with Crippen molar-refractivity contribution in [3.05, 3.63) is 34.2 Å². The molecule has 8 heteroatoms. The molecule has 0 spiro atoms. The lowest BCUT2D eigenvalue weighted by atomic mass is 10.1. The molecular weight excluding hydrogens is 343 g/mol. The summed E-state index contributed by atoms with van der Waals surface area (Å²) in [6, 6.07) is 2.79. The molecule has 2 N–H and O–H groups in total. The molecule has 0 radical (unpaired) electrons. The number of ether oxygens (including phenoxy) is 1. The number of aliphatic hydroxyl groups is 1. The lowest BCUT2D eigenvalue weighted by Crippen LogP contribution is -2.27. The molecule has 0 aliphatic carbocycles. The number of rotatable bonds is 3. The van der Waals surface area contributed by atoms with Gasteiger partial charge in [-0.05, 0) is 38.5 Å². The third kappa shape index (κ3) is 4.63. The van der Waals surface area contributed by atoms with Crippen molar-refractivity contribution < 1.29 is 19.0 Å². The molecule has 2 heterocycles. The van der Waals surface area contributed by atoms with Crippen LogP contribution in [0.3, 0.4) is 0 Å². The van der Waals surface area contributed by atoms with E-state index in [2.05, 4.69) is 10.3 Å². The first kappa shape index (κ1) is 17.7. The molecule has 124 valence electrons. The van der Waals surface area contributed by atoms with E-state index in [9.17, 15) is 14.3 Å². The highest BCUT2D eigenvalue weighted by Gasteiger charge is 2.19. The first-order valence-electron chi connectivity index (χ1n) is 6.74. The third-order valence-electron chi connectivity index (χ3n) is 2.71. The van der Waals surface area contributed by atoms with Gasteiger partial charge in [0.05, 0.1) is 12.3 Å². The minimum Gasteiger partial charge on any atom is -0.444 e. The Morgan fingerprint density at radius 2 is 2.17 bits per heavy atom. The van der Waals surface area contributed by atoms with Crippen LogP contribution in [0.2, 0.25) is 4.34 Å². The largest absolute Gasteiger partial charge is 0.444 e. The zero-order valence-corrected chi connectivity index (χ0v) is 14.4. The van der Waals surface area contributed by atoms with Crippen LogP contribution in [-0.2, 0) is 11.3 Å². The molecule has 2 rings (SSSR count). The smallest absolute Gasteiger partial charge is 0.412 e. The van der Waals surface area contributed by atoms with Gasteiger partial charge in [0, 0.05) is 16.6 Å². The number of hydrogen-bond acceptors (Lipinski definition) is 5. The number of nitrogens with one attached hydrogen (secondary N) is 1. The van der Waals surface area contributed by atoms with Crippen molar-refractivity contribution in [2.24, 2.45) is 0 Å². The fourth-order valence-corrected chi connectivity index (χ4v) is 3.06. The normalized spacial score (nSPS) is 11.4. The average molecular weight is 359 g/mol. The minimum absolute atomic E-state index is 0.334. The molecule has 0 aliphatic rings. The quantitative estimate of drug-likeness (QED) is 0.795. The fraction of sp³-hybridized carbons (Fsp3) is 0.333. The van der Waals surface area contributed by atoms with Crippen molar-refractivity contribution in [3.8, 4) is 10.4 Å². The van der Waals surface area contributed by atoms with Gasteiger partial charge in [0.15, 0.2) is 0 Å². The van der Waals surface area contributed by atoms with Crippen molar-refractivity contribution in [2.75, 3.05) is 5.32 Å². The van der Waals surface area contributed by atoms with Crippen molar-refractivity contribution >= 4 is 34.7 Å². The molecule has 0 bridgehead atoms. The number of aliphatic hydroxyl groups excluding tert-OH is 1. The van der Waals surface area contributed by atoms with Crippen LogP contribution >= 0.6 is 22.9 Å². The second-order valence-electron chi connectivity index (χ2n) is 5.75. The Hall–Kier alpha value is -1.70. The number of halogens is 2. The number of pyridine rings is 1. The zero-order chi connectivity index (χ0) is 17.2. The number of amides is 1. The molecular formula is C15H16ClFN2O3S. The summed E-state index contributed by atoms with van der Waals surface area (Å²) in [6.45, 7) is 4.93. The first-order valence-corrected chi connectivity index (χ1v) is 7.94. The Bertz CT molecular complexity index is 728. The molecule has 0 unspecified atom stereocenters. The van der Waals surface area contributed by atoms with Gasteiger partial charge in [0.2, 0.25) is 5.95 Å². The van der Waals surface area contributed by atoms with Gasteiger partial charge < -0.3 is 9.84 Å². The summed E-state index contributed by atoms with van der Waals surface area (Å²) in [7, 11) is 0. The van der Waals surface area contributed by atoms with Crippen molar-refractivity contribution in [1.29, 1.82) is 0 Å². The highest BCUT2D eigenvalue weighted by molar-refractivity contribution is 7.20. The predicted molar refractivity (Wildman–Crippen MR) is 88.3 cm³/mol. The fourth-order valence-electron chi connectivity index (χ4n) is 1.82. The van der Waals surface area contributed by atoms with Crippen LogP contribution in [0.15, 0.2) is 18.3 Å². The van der Waals surface area contributed by atoms with E-state index in [1.807, 2.05) is 0 Å². The van der Waals surface area contributed by atoms with E-state index in [1.165, 1.54) is 17.5 Å². The molecule has 0 aromatic carbocycles. The Labute approximate surface area is 142 Å². The second-order valence-corrected chi connectivity index (χ2v) is 7.40. The number of aromatic nitrogens is 1. The maximum absolute atomic E-state index is 13.1. The van der Waals surface area contributed by atoms with E-state index in [0.717, 1.165) is 6.07 Å². The van der Waals surface area contributed by atoms with Gasteiger partial charge in [-0.2, -0.15) is 4.39 Å². The van der Waals surface area contributed by atoms with Crippen LogP contribution in [0.25, 0.3) is 10.4 Å². The van der Waals surface area contributed by atoms with Gasteiger partial charge in [0.25, 0.3) is 0 Å². The third-order valence-corrected chi connectivity index (χ3v) is 4.11. The van der Waals surface area contributed by atoms with Crippen LogP contribution in [0.1, 0.15) is 26.3 Å². The van der Waals surface area contributed by atoms with Gasteiger partial charge >= 0.3 is 6.09 Å². The number of anilines is 1. The summed E-state index contributed by atoms with van der Waals surface area (Å²) >= 11 is 7.31. The molecule has 0 atom stereocenters. The number of carbonyl (C=O) groups excluding carboxylic acids is 1. The first-order chi connectivity index (χ1) is 10.7. The highest BCUT2D eigenvalue weighted by atomic mass is 35.5. The van der Waals surface area contributed by atoms with E-state index < -0.39 is 17.6 Å². The number of carbonyl (C=O) groups is 1. The lowest BCUT2D eigenvalue weighted by Gasteiger charge is -2.19. The summed E-state index contributed by atoms with van der Waals surface area (Å²) in [4.78, 5) is 16.0. The Balaban J connectivity index is 2.26. The summed E-state index contributed by atoms with van der Waals surface area (Å²) < 4.78 is 18.7. The monoisotopic (exact) mass is 358 g/mol. The topological polar surface area (TPSA) is 71.5 Å². The molecule has 0 fully saturated rings. The Morgan fingerprint density at radius 1 is 1.48 bits per heavy atom. The van der Waals surface area contributed by atoms with Gasteiger partial charge in [-0.3, -0.25) is 5.32 Å². The maximum atomic E-state index is 13.1. The van der Waals surface area contributed by atoms with Crippen LogP contribution < -0.4 is 5.32 Å². The van der Waals surface area contributed by atoms with E-state index in [1.54, 1.807) is 26.8 Å². The SMILES string of the molecule is CC(C)(C)OC(=O)Nc1cc(-c2cnc(F)cc2CO)sc1Cl. The predicted octanol–water partition coefficient (Wildman–Crippen LogP) is 4.44. The van der Waals surface area contributed by atoms with Crippen LogP contribution in [0.4, 0.5) is 14.9 Å². The minimum atomic E-state index is -0.674. The molecule has 2 aromatic heterocycles. The van der Waals surface area contributed by atoms with E-state index in [-0.39, 0.29) is 6.61 Å². The van der Waals surface area contributed by atoms with Crippen LogP contribution in [0.5, 0.6) is 0 Å². The van der Waals surface area contributed by atoms with Crippen molar-refractivity contribution in [2.45, 2.75) is 33.0 Å². The molecule has 0 saturated carbocycles.